The number of nitro groups is 1. The summed E-state index contributed by atoms with van der Waals surface area (Å²) >= 11 is 0. The molecule has 0 aliphatic rings. The van der Waals surface area contributed by atoms with Crippen molar-refractivity contribution >= 4 is 22.3 Å². The summed E-state index contributed by atoms with van der Waals surface area (Å²) in [5.74, 6) is 0. The molecule has 1 heterocycles. The van der Waals surface area contributed by atoms with Gasteiger partial charge in [-0.3, -0.25) is 15.1 Å². The van der Waals surface area contributed by atoms with Gasteiger partial charge in [0.1, 0.15) is 5.69 Å². The van der Waals surface area contributed by atoms with Crippen LogP contribution in [0.1, 0.15) is 19.8 Å². The average molecular weight is 289 g/mol. The second kappa shape index (κ2) is 7.54. The second-order valence-corrected chi connectivity index (χ2v) is 4.68. The molecule has 0 atom stereocenters. The quantitative estimate of drug-likeness (QED) is 0.458. The van der Waals surface area contributed by atoms with Crippen molar-refractivity contribution in [1.82, 2.24) is 4.98 Å². The second-order valence-electron chi connectivity index (χ2n) is 4.68. The van der Waals surface area contributed by atoms with Gasteiger partial charge in [0.2, 0.25) is 0 Å². The molecule has 1 aromatic carbocycles. The van der Waals surface area contributed by atoms with E-state index in [-0.39, 0.29) is 10.6 Å². The molecule has 1 N–H and O–H groups in total. The molecule has 0 unspecified atom stereocenters. The Labute approximate surface area is 123 Å². The van der Waals surface area contributed by atoms with Gasteiger partial charge in [-0.05, 0) is 37.1 Å². The van der Waals surface area contributed by atoms with Crippen molar-refractivity contribution in [2.75, 3.05) is 25.1 Å². The maximum atomic E-state index is 11.3. The average Bonchev–Trinajstić information content (AvgIpc) is 2.50. The minimum absolute atomic E-state index is 0.0788. The Morgan fingerprint density at radius 2 is 2.19 bits per heavy atom. The van der Waals surface area contributed by atoms with Crippen LogP contribution in [0.15, 0.2) is 30.5 Å². The van der Waals surface area contributed by atoms with Crippen LogP contribution >= 0.6 is 0 Å². The summed E-state index contributed by atoms with van der Waals surface area (Å²) in [6.07, 6.45) is 3.43. The van der Waals surface area contributed by atoms with Crippen molar-refractivity contribution in [1.29, 1.82) is 0 Å². The molecular weight excluding hydrogens is 270 g/mol. The standard InChI is InChI=1S/C15H19N3O3/c1-2-10-21-11-4-9-17-14-7-6-13-12(5-3-8-16-13)15(14)18(19)20/h3,5-8,17H,2,4,9-11H2,1H3. The highest BCUT2D eigenvalue weighted by molar-refractivity contribution is 5.94. The number of rotatable bonds is 8. The molecule has 112 valence electrons. The Morgan fingerprint density at radius 1 is 1.33 bits per heavy atom. The Hall–Kier alpha value is -2.21. The molecule has 0 fully saturated rings. The normalized spacial score (nSPS) is 10.7. The van der Waals surface area contributed by atoms with Gasteiger partial charge in [-0.25, -0.2) is 0 Å². The van der Waals surface area contributed by atoms with Crippen LogP contribution in [0.25, 0.3) is 10.9 Å². The summed E-state index contributed by atoms with van der Waals surface area (Å²) in [6.45, 7) is 4.10. The van der Waals surface area contributed by atoms with Crippen molar-refractivity contribution in [3.63, 3.8) is 0 Å². The maximum absolute atomic E-state index is 11.3. The van der Waals surface area contributed by atoms with Crippen LogP contribution in [-0.4, -0.2) is 29.7 Å². The highest BCUT2D eigenvalue weighted by Gasteiger charge is 2.18. The lowest BCUT2D eigenvalue weighted by molar-refractivity contribution is -0.382. The molecule has 6 nitrogen and oxygen atoms in total. The van der Waals surface area contributed by atoms with Gasteiger partial charge >= 0.3 is 5.69 Å². The summed E-state index contributed by atoms with van der Waals surface area (Å²) in [6, 6.07) is 6.92. The number of nitro benzene ring substituents is 1. The molecule has 2 aromatic rings. The molecular formula is C15H19N3O3. The number of pyridine rings is 1. The highest BCUT2D eigenvalue weighted by atomic mass is 16.6. The van der Waals surface area contributed by atoms with Gasteiger partial charge in [0.15, 0.2) is 0 Å². The zero-order chi connectivity index (χ0) is 15.1. The molecule has 0 aliphatic carbocycles. The monoisotopic (exact) mass is 289 g/mol. The van der Waals surface area contributed by atoms with Crippen LogP contribution in [0.5, 0.6) is 0 Å². The van der Waals surface area contributed by atoms with E-state index in [1.54, 1.807) is 30.5 Å². The van der Waals surface area contributed by atoms with E-state index >= 15 is 0 Å². The van der Waals surface area contributed by atoms with Crippen LogP contribution in [-0.2, 0) is 4.74 Å². The van der Waals surface area contributed by atoms with E-state index in [0.717, 1.165) is 19.4 Å². The molecule has 0 radical (unpaired) electrons. The van der Waals surface area contributed by atoms with Crippen LogP contribution in [0.3, 0.4) is 0 Å². The number of nitrogens with zero attached hydrogens (tertiary/aromatic N) is 2. The summed E-state index contributed by atoms with van der Waals surface area (Å²) in [5, 5.41) is 15.0. The lowest BCUT2D eigenvalue weighted by Gasteiger charge is -2.09. The van der Waals surface area contributed by atoms with Crippen molar-refractivity contribution in [2.24, 2.45) is 0 Å². The Morgan fingerprint density at radius 3 is 2.95 bits per heavy atom. The number of anilines is 1. The highest BCUT2D eigenvalue weighted by Crippen LogP contribution is 2.32. The van der Waals surface area contributed by atoms with Gasteiger partial charge in [0.25, 0.3) is 0 Å². The van der Waals surface area contributed by atoms with Crippen molar-refractivity contribution in [3.05, 3.63) is 40.6 Å². The van der Waals surface area contributed by atoms with Crippen LogP contribution in [0.2, 0.25) is 0 Å². The number of nitrogens with one attached hydrogen (secondary N) is 1. The molecule has 1 aromatic heterocycles. The van der Waals surface area contributed by atoms with E-state index in [2.05, 4.69) is 17.2 Å². The van der Waals surface area contributed by atoms with Gasteiger partial charge in [0, 0.05) is 26.0 Å². The molecule has 0 saturated carbocycles. The number of hydrogen-bond acceptors (Lipinski definition) is 5. The third kappa shape index (κ3) is 3.88. The molecule has 6 heteroatoms. The largest absolute Gasteiger partial charge is 0.381 e. The van der Waals surface area contributed by atoms with Gasteiger partial charge in [-0.2, -0.15) is 0 Å². The van der Waals surface area contributed by atoms with Crippen molar-refractivity contribution in [2.45, 2.75) is 19.8 Å². The van der Waals surface area contributed by atoms with E-state index in [4.69, 9.17) is 4.74 Å². The minimum Gasteiger partial charge on any atom is -0.381 e. The number of benzene rings is 1. The summed E-state index contributed by atoms with van der Waals surface area (Å²) in [4.78, 5) is 15.1. The first-order valence-corrected chi connectivity index (χ1v) is 7.07. The minimum atomic E-state index is -0.361. The third-order valence-electron chi connectivity index (χ3n) is 3.07. The fourth-order valence-corrected chi connectivity index (χ4v) is 2.12. The van der Waals surface area contributed by atoms with E-state index in [1.807, 2.05) is 0 Å². The molecule has 0 aliphatic heterocycles. The predicted octanol–water partition coefficient (Wildman–Crippen LogP) is 3.37. The summed E-state index contributed by atoms with van der Waals surface area (Å²) < 4.78 is 5.38. The van der Waals surface area contributed by atoms with E-state index in [1.165, 1.54) is 0 Å². The van der Waals surface area contributed by atoms with Crippen molar-refractivity contribution in [3.8, 4) is 0 Å². The fourth-order valence-electron chi connectivity index (χ4n) is 2.12. The lowest BCUT2D eigenvalue weighted by atomic mass is 10.1. The van der Waals surface area contributed by atoms with Gasteiger partial charge < -0.3 is 10.1 Å². The van der Waals surface area contributed by atoms with Gasteiger partial charge in [-0.1, -0.05) is 6.92 Å². The Kier molecular flexibility index (Phi) is 5.45. The molecule has 0 saturated heterocycles. The Bertz CT molecular complexity index is 616. The zero-order valence-corrected chi connectivity index (χ0v) is 12.0. The number of fused-ring (bicyclic) bond motifs is 1. The van der Waals surface area contributed by atoms with E-state index in [0.29, 0.717) is 29.7 Å². The topological polar surface area (TPSA) is 77.3 Å². The van der Waals surface area contributed by atoms with E-state index in [9.17, 15) is 10.1 Å². The first-order chi connectivity index (χ1) is 10.2. The van der Waals surface area contributed by atoms with Gasteiger partial charge in [0.05, 0.1) is 15.8 Å². The van der Waals surface area contributed by atoms with Gasteiger partial charge in [-0.15, -0.1) is 0 Å². The molecule has 0 spiro atoms. The SMILES string of the molecule is CCCOCCCNc1ccc2ncccc2c1[N+](=O)[O-]. The van der Waals surface area contributed by atoms with Crippen LogP contribution in [0.4, 0.5) is 11.4 Å². The lowest BCUT2D eigenvalue weighted by Crippen LogP contribution is -2.08. The van der Waals surface area contributed by atoms with Crippen molar-refractivity contribution < 1.29 is 9.66 Å². The smallest absolute Gasteiger partial charge is 0.301 e. The fraction of sp³-hybridized carbons (Fsp3) is 0.400. The zero-order valence-electron chi connectivity index (χ0n) is 12.0. The van der Waals surface area contributed by atoms with E-state index < -0.39 is 0 Å². The first-order valence-electron chi connectivity index (χ1n) is 7.07. The first kappa shape index (κ1) is 15.2. The summed E-state index contributed by atoms with van der Waals surface area (Å²) in [5.41, 5.74) is 1.23. The van der Waals surface area contributed by atoms with Crippen LogP contribution in [0, 0.1) is 10.1 Å². The number of aromatic nitrogens is 1. The Balaban J connectivity index is 2.09. The molecule has 0 bridgehead atoms. The third-order valence-corrected chi connectivity index (χ3v) is 3.07. The molecule has 21 heavy (non-hydrogen) atoms. The molecule has 2 rings (SSSR count). The number of hydrogen-bond donors (Lipinski definition) is 1. The molecule has 0 amide bonds. The summed E-state index contributed by atoms with van der Waals surface area (Å²) in [7, 11) is 0. The predicted molar refractivity (Wildman–Crippen MR) is 82.6 cm³/mol. The number of ether oxygens (including phenoxy) is 1. The van der Waals surface area contributed by atoms with Crippen LogP contribution < -0.4 is 5.32 Å². The maximum Gasteiger partial charge on any atom is 0.301 e.